The monoisotopic (exact) mass is 590 g/mol. The minimum absolute atomic E-state index is 0.0120. The van der Waals surface area contributed by atoms with E-state index >= 15 is 0 Å². The summed E-state index contributed by atoms with van der Waals surface area (Å²) in [6.45, 7) is 12.6. The van der Waals surface area contributed by atoms with E-state index in [0.29, 0.717) is 11.0 Å². The maximum atomic E-state index is 13.4. The second-order valence-corrected chi connectivity index (χ2v) is 16.3. The lowest BCUT2D eigenvalue weighted by Crippen LogP contribution is -2.51. The second kappa shape index (κ2) is 11.6. The molecule has 7 rings (SSSR count). The highest BCUT2D eigenvalue weighted by Crippen LogP contribution is 2.67. The van der Waals surface area contributed by atoms with Gasteiger partial charge in [-0.15, -0.1) is 0 Å². The van der Waals surface area contributed by atoms with Crippen LogP contribution in [0.3, 0.4) is 0 Å². The molecule has 2 nitrogen and oxygen atoms in total. The molecule has 0 aliphatic heterocycles. The van der Waals surface area contributed by atoms with E-state index in [4.69, 9.17) is 4.74 Å². The lowest BCUT2D eigenvalue weighted by atomic mass is 9.47. The zero-order valence-corrected chi connectivity index (χ0v) is 27.9. The van der Waals surface area contributed by atoms with Crippen LogP contribution in [0.25, 0.3) is 21.5 Å². The Kier molecular flexibility index (Phi) is 7.95. The Labute approximate surface area is 266 Å². The number of carbonyl (C=O) groups is 1. The average Bonchev–Trinajstić information content (AvgIpc) is 3.37. The summed E-state index contributed by atoms with van der Waals surface area (Å²) in [5.74, 6) is 4.93. The molecule has 4 aliphatic carbocycles. The van der Waals surface area contributed by atoms with Crippen LogP contribution < -0.4 is 0 Å². The number of esters is 1. The molecule has 8 unspecified atom stereocenters. The third-order valence-corrected chi connectivity index (χ3v) is 13.5. The zero-order valence-electron chi connectivity index (χ0n) is 27.9. The van der Waals surface area contributed by atoms with Crippen LogP contribution in [0.4, 0.5) is 0 Å². The van der Waals surface area contributed by atoms with E-state index in [-0.39, 0.29) is 17.5 Å². The molecule has 3 aromatic rings. The molecular formula is C42H54O2. The maximum absolute atomic E-state index is 13.4. The first-order valence-corrected chi connectivity index (χ1v) is 18.0. The van der Waals surface area contributed by atoms with Crippen LogP contribution in [0, 0.1) is 46.3 Å². The Morgan fingerprint density at radius 3 is 2.36 bits per heavy atom. The van der Waals surface area contributed by atoms with Crippen LogP contribution in [-0.4, -0.2) is 12.1 Å². The number of allylic oxidation sites excluding steroid dienone is 1. The molecule has 0 radical (unpaired) electrons. The molecule has 3 saturated carbocycles. The molecule has 0 bridgehead atoms. The van der Waals surface area contributed by atoms with E-state index in [1.165, 1.54) is 62.1 Å². The van der Waals surface area contributed by atoms with Gasteiger partial charge in [-0.2, -0.15) is 0 Å². The van der Waals surface area contributed by atoms with Crippen molar-refractivity contribution in [2.45, 2.75) is 111 Å². The van der Waals surface area contributed by atoms with Crippen LogP contribution in [0.5, 0.6) is 0 Å². The standard InChI is InChI=1S/C42H54O2/c1-27(2)9-8-10-28(3)37-17-18-38-36-16-15-34-26-35(19-21-41(34,4)39(36)20-22-42(37,38)5)44-40(43)32-14-13-31-23-29-11-6-7-12-30(29)24-33(31)25-32/h6-7,11-15,23-25,27-28,35-39H,8-10,16-22,26H2,1-5H3. The first-order valence-electron chi connectivity index (χ1n) is 18.0. The first kappa shape index (κ1) is 30.1. The molecule has 44 heavy (non-hydrogen) atoms. The maximum Gasteiger partial charge on any atom is 0.338 e. The smallest absolute Gasteiger partial charge is 0.338 e. The Bertz CT molecular complexity index is 1560. The molecule has 2 heteroatoms. The molecule has 4 aliphatic rings. The van der Waals surface area contributed by atoms with E-state index in [9.17, 15) is 4.79 Å². The minimum Gasteiger partial charge on any atom is -0.458 e. The lowest BCUT2D eigenvalue weighted by Gasteiger charge is -2.58. The van der Waals surface area contributed by atoms with Crippen molar-refractivity contribution in [1.29, 1.82) is 0 Å². The largest absolute Gasteiger partial charge is 0.458 e. The van der Waals surface area contributed by atoms with Crippen molar-refractivity contribution < 1.29 is 9.53 Å². The number of hydrogen-bond acceptors (Lipinski definition) is 2. The van der Waals surface area contributed by atoms with Crippen molar-refractivity contribution in [3.8, 4) is 0 Å². The summed E-state index contributed by atoms with van der Waals surface area (Å²) in [7, 11) is 0. The third kappa shape index (κ3) is 5.23. The fourth-order valence-electron chi connectivity index (χ4n) is 11.0. The first-order chi connectivity index (χ1) is 21.2. The Hall–Kier alpha value is -2.61. The van der Waals surface area contributed by atoms with Gasteiger partial charge in [0.2, 0.25) is 0 Å². The molecule has 0 heterocycles. The van der Waals surface area contributed by atoms with E-state index < -0.39 is 0 Å². The van der Waals surface area contributed by atoms with Crippen LogP contribution in [0.1, 0.15) is 116 Å². The predicted octanol–water partition coefficient (Wildman–Crippen LogP) is 11.6. The third-order valence-electron chi connectivity index (χ3n) is 13.5. The van der Waals surface area contributed by atoms with Gasteiger partial charge in [0.05, 0.1) is 5.56 Å². The van der Waals surface area contributed by atoms with E-state index in [0.717, 1.165) is 65.5 Å². The van der Waals surface area contributed by atoms with Crippen molar-refractivity contribution in [3.05, 3.63) is 71.8 Å². The van der Waals surface area contributed by atoms with Gasteiger partial charge in [0.15, 0.2) is 0 Å². The topological polar surface area (TPSA) is 26.3 Å². The quantitative estimate of drug-likeness (QED) is 0.155. The molecule has 0 N–H and O–H groups in total. The highest BCUT2D eigenvalue weighted by molar-refractivity contribution is 6.01. The number of ether oxygens (including phenoxy) is 1. The summed E-state index contributed by atoms with van der Waals surface area (Å²) < 4.78 is 6.24. The van der Waals surface area contributed by atoms with Crippen molar-refractivity contribution in [2.75, 3.05) is 0 Å². The molecular weight excluding hydrogens is 536 g/mol. The summed E-state index contributed by atoms with van der Waals surface area (Å²) in [5, 5.41) is 4.68. The normalized spacial score (nSPS) is 33.9. The fraction of sp³-hybridized carbons (Fsp3) is 0.595. The van der Waals surface area contributed by atoms with Gasteiger partial charge in [-0.1, -0.05) is 95.9 Å². The number of fused-ring (bicyclic) bond motifs is 7. The zero-order chi connectivity index (χ0) is 30.6. The van der Waals surface area contributed by atoms with Gasteiger partial charge in [0.1, 0.15) is 6.10 Å². The predicted molar refractivity (Wildman–Crippen MR) is 184 cm³/mol. The number of benzene rings is 3. The summed E-state index contributed by atoms with van der Waals surface area (Å²) in [6, 6.07) is 18.8. The van der Waals surface area contributed by atoms with Gasteiger partial charge in [-0.25, -0.2) is 4.79 Å². The number of carbonyl (C=O) groups excluding carboxylic acids is 1. The Balaban J connectivity index is 1.02. The second-order valence-electron chi connectivity index (χ2n) is 16.3. The van der Waals surface area contributed by atoms with Gasteiger partial charge in [0.25, 0.3) is 0 Å². The highest BCUT2D eigenvalue weighted by atomic mass is 16.5. The summed E-state index contributed by atoms with van der Waals surface area (Å²) in [4.78, 5) is 13.4. The highest BCUT2D eigenvalue weighted by Gasteiger charge is 2.59. The summed E-state index contributed by atoms with van der Waals surface area (Å²) in [6.07, 6.45) is 16.8. The molecule has 0 saturated heterocycles. The van der Waals surface area contributed by atoms with E-state index in [2.05, 4.69) is 83.2 Å². The molecule has 3 aromatic carbocycles. The van der Waals surface area contributed by atoms with Crippen molar-refractivity contribution in [1.82, 2.24) is 0 Å². The summed E-state index contributed by atoms with van der Waals surface area (Å²) >= 11 is 0. The molecule has 234 valence electrons. The van der Waals surface area contributed by atoms with Gasteiger partial charge in [-0.3, -0.25) is 0 Å². The Morgan fingerprint density at radius 2 is 1.59 bits per heavy atom. The molecule has 3 fully saturated rings. The Morgan fingerprint density at radius 1 is 0.841 bits per heavy atom. The molecule has 0 aromatic heterocycles. The van der Waals surface area contributed by atoms with Gasteiger partial charge in [-0.05, 0) is 137 Å². The van der Waals surface area contributed by atoms with Crippen molar-refractivity contribution in [2.24, 2.45) is 46.3 Å². The van der Waals surface area contributed by atoms with Gasteiger partial charge < -0.3 is 4.74 Å². The minimum atomic E-state index is -0.170. The van der Waals surface area contributed by atoms with Gasteiger partial charge >= 0.3 is 5.97 Å². The SMILES string of the molecule is CC(C)CCCC(C)C1CCC2C3CC=C4CC(OC(=O)c5ccc6cc7ccccc7cc6c5)CCC4(C)C3CCC12C. The van der Waals surface area contributed by atoms with E-state index in [1.54, 1.807) is 5.57 Å². The lowest BCUT2D eigenvalue weighted by molar-refractivity contribution is -0.0594. The molecule has 0 spiro atoms. The van der Waals surface area contributed by atoms with Crippen LogP contribution in [0.2, 0.25) is 0 Å². The average molecular weight is 591 g/mol. The molecule has 0 amide bonds. The fourth-order valence-corrected chi connectivity index (χ4v) is 11.0. The van der Waals surface area contributed by atoms with Gasteiger partial charge in [0, 0.05) is 6.42 Å². The summed E-state index contributed by atoms with van der Waals surface area (Å²) in [5.41, 5.74) is 3.06. The van der Waals surface area contributed by atoms with Crippen LogP contribution in [0.15, 0.2) is 66.2 Å². The molecule has 8 atom stereocenters. The van der Waals surface area contributed by atoms with Crippen molar-refractivity contribution >= 4 is 27.5 Å². The van der Waals surface area contributed by atoms with E-state index in [1.807, 2.05) is 12.1 Å². The number of rotatable bonds is 7. The van der Waals surface area contributed by atoms with Crippen molar-refractivity contribution in [3.63, 3.8) is 0 Å². The van der Waals surface area contributed by atoms with Crippen LogP contribution >= 0.6 is 0 Å². The van der Waals surface area contributed by atoms with Crippen LogP contribution in [-0.2, 0) is 4.74 Å². The number of hydrogen-bond donors (Lipinski definition) is 0.